The lowest BCUT2D eigenvalue weighted by Crippen LogP contribution is -2.31. The molecule has 0 fully saturated rings. The molecule has 0 aliphatic carbocycles. The summed E-state index contributed by atoms with van der Waals surface area (Å²) in [5.41, 5.74) is 3.57. The van der Waals surface area contributed by atoms with Crippen LogP contribution in [0.3, 0.4) is 0 Å². The summed E-state index contributed by atoms with van der Waals surface area (Å²) < 4.78 is 0. The maximum Gasteiger partial charge on any atom is 0.261 e. The van der Waals surface area contributed by atoms with Gasteiger partial charge in [-0.2, -0.15) is 11.8 Å². The van der Waals surface area contributed by atoms with Crippen molar-refractivity contribution in [2.24, 2.45) is 0 Å². The van der Waals surface area contributed by atoms with Crippen LogP contribution in [0.2, 0.25) is 0 Å². The van der Waals surface area contributed by atoms with Gasteiger partial charge in [0.15, 0.2) is 0 Å². The highest BCUT2D eigenvalue weighted by atomic mass is 32.2. The third kappa shape index (κ3) is 2.92. The zero-order valence-electron chi connectivity index (χ0n) is 12.4. The predicted molar refractivity (Wildman–Crippen MR) is 89.2 cm³/mol. The van der Waals surface area contributed by atoms with Crippen LogP contribution in [-0.4, -0.2) is 29.0 Å². The Morgan fingerprint density at radius 2 is 1.64 bits per heavy atom. The van der Waals surface area contributed by atoms with E-state index in [4.69, 9.17) is 0 Å². The summed E-state index contributed by atoms with van der Waals surface area (Å²) in [6.07, 6.45) is 0. The number of rotatable bonds is 5. The van der Waals surface area contributed by atoms with E-state index in [0.717, 1.165) is 11.5 Å². The van der Waals surface area contributed by atoms with Crippen LogP contribution in [-0.2, 0) is 5.75 Å². The number of hydrogen-bond donors (Lipinski definition) is 0. The molecule has 0 aromatic heterocycles. The highest BCUT2D eigenvalue weighted by Gasteiger charge is 2.34. The van der Waals surface area contributed by atoms with Gasteiger partial charge in [-0.1, -0.05) is 42.0 Å². The molecule has 0 N–H and O–H groups in total. The van der Waals surface area contributed by atoms with Crippen LogP contribution in [0, 0.1) is 6.92 Å². The molecule has 0 saturated carbocycles. The normalized spacial score (nSPS) is 13.6. The summed E-state index contributed by atoms with van der Waals surface area (Å²) in [6, 6.07) is 15.4. The Morgan fingerprint density at radius 1 is 0.955 bits per heavy atom. The number of aryl methyl sites for hydroxylation is 1. The molecule has 2 aromatic carbocycles. The van der Waals surface area contributed by atoms with E-state index in [-0.39, 0.29) is 11.8 Å². The molecule has 1 aliphatic rings. The average molecular weight is 311 g/mol. The monoisotopic (exact) mass is 311 g/mol. The SMILES string of the molecule is Cc1cccc(CSCCN2C(=O)c3ccccc3C2=O)c1. The van der Waals surface area contributed by atoms with Crippen molar-refractivity contribution in [2.45, 2.75) is 12.7 Å². The van der Waals surface area contributed by atoms with E-state index in [1.165, 1.54) is 16.0 Å². The van der Waals surface area contributed by atoms with Crippen LogP contribution in [0.15, 0.2) is 48.5 Å². The molecule has 0 atom stereocenters. The van der Waals surface area contributed by atoms with Gasteiger partial charge >= 0.3 is 0 Å². The fraction of sp³-hybridized carbons (Fsp3) is 0.222. The molecule has 0 spiro atoms. The fourth-order valence-electron chi connectivity index (χ4n) is 2.59. The Labute approximate surface area is 134 Å². The van der Waals surface area contributed by atoms with Crippen LogP contribution in [0.4, 0.5) is 0 Å². The summed E-state index contributed by atoms with van der Waals surface area (Å²) in [7, 11) is 0. The minimum absolute atomic E-state index is 0.170. The van der Waals surface area contributed by atoms with E-state index < -0.39 is 0 Å². The highest BCUT2D eigenvalue weighted by molar-refractivity contribution is 7.98. The first-order valence-corrected chi connectivity index (χ1v) is 8.41. The third-order valence-electron chi connectivity index (χ3n) is 3.69. The fourth-order valence-corrected chi connectivity index (χ4v) is 3.46. The van der Waals surface area contributed by atoms with Crippen molar-refractivity contribution in [3.05, 3.63) is 70.8 Å². The largest absolute Gasteiger partial charge is 0.274 e. The van der Waals surface area contributed by atoms with Crippen molar-refractivity contribution in [3.8, 4) is 0 Å². The Bertz CT molecular complexity index is 692. The summed E-state index contributed by atoms with van der Waals surface area (Å²) in [5, 5.41) is 0. The van der Waals surface area contributed by atoms with E-state index in [1.807, 2.05) is 0 Å². The van der Waals surface area contributed by atoms with E-state index >= 15 is 0 Å². The molecule has 0 bridgehead atoms. The van der Waals surface area contributed by atoms with Crippen LogP contribution in [0.5, 0.6) is 0 Å². The molecule has 0 radical (unpaired) electrons. The maximum absolute atomic E-state index is 12.2. The summed E-state index contributed by atoms with van der Waals surface area (Å²) in [6.45, 7) is 2.54. The lowest BCUT2D eigenvalue weighted by atomic mass is 10.1. The molecule has 1 heterocycles. The van der Waals surface area contributed by atoms with Gasteiger partial charge in [-0.25, -0.2) is 0 Å². The molecule has 112 valence electrons. The van der Waals surface area contributed by atoms with Crippen LogP contribution in [0.25, 0.3) is 0 Å². The number of amides is 2. The number of thioether (sulfide) groups is 1. The van der Waals surface area contributed by atoms with Gasteiger partial charge in [0.25, 0.3) is 11.8 Å². The molecule has 1 aliphatic heterocycles. The van der Waals surface area contributed by atoms with Crippen LogP contribution >= 0.6 is 11.8 Å². The number of carbonyl (C=O) groups excluding carboxylic acids is 2. The highest BCUT2D eigenvalue weighted by Crippen LogP contribution is 2.23. The first-order valence-electron chi connectivity index (χ1n) is 7.25. The molecule has 0 saturated heterocycles. The van der Waals surface area contributed by atoms with Gasteiger partial charge in [-0.05, 0) is 24.6 Å². The zero-order chi connectivity index (χ0) is 15.5. The lowest BCUT2D eigenvalue weighted by molar-refractivity contribution is 0.0664. The topological polar surface area (TPSA) is 37.4 Å². The minimum Gasteiger partial charge on any atom is -0.274 e. The molecule has 22 heavy (non-hydrogen) atoms. The number of imide groups is 1. The van der Waals surface area contributed by atoms with Crippen molar-refractivity contribution in [2.75, 3.05) is 12.3 Å². The van der Waals surface area contributed by atoms with Crippen molar-refractivity contribution in [3.63, 3.8) is 0 Å². The number of benzene rings is 2. The number of fused-ring (bicyclic) bond motifs is 1. The molecule has 0 unspecified atom stereocenters. The summed E-state index contributed by atoms with van der Waals surface area (Å²) in [5.74, 6) is 1.30. The zero-order valence-corrected chi connectivity index (χ0v) is 13.2. The molecular weight excluding hydrogens is 294 g/mol. The first-order chi connectivity index (χ1) is 10.7. The predicted octanol–water partition coefficient (Wildman–Crippen LogP) is 3.52. The molecular formula is C18H17NO2S. The van der Waals surface area contributed by atoms with Gasteiger partial charge in [-0.15, -0.1) is 0 Å². The molecule has 3 nitrogen and oxygen atoms in total. The average Bonchev–Trinajstić information content (AvgIpc) is 2.77. The van der Waals surface area contributed by atoms with Crippen molar-refractivity contribution >= 4 is 23.6 Å². The van der Waals surface area contributed by atoms with Gasteiger partial charge < -0.3 is 0 Å². The van der Waals surface area contributed by atoms with E-state index in [9.17, 15) is 9.59 Å². The second-order valence-corrected chi connectivity index (χ2v) is 6.45. The maximum atomic E-state index is 12.2. The van der Waals surface area contributed by atoms with Crippen molar-refractivity contribution < 1.29 is 9.59 Å². The summed E-state index contributed by atoms with van der Waals surface area (Å²) >= 11 is 1.74. The minimum atomic E-state index is -0.170. The number of hydrogen-bond acceptors (Lipinski definition) is 3. The molecule has 2 aromatic rings. The smallest absolute Gasteiger partial charge is 0.261 e. The Hall–Kier alpha value is -2.07. The third-order valence-corrected chi connectivity index (χ3v) is 4.70. The standard InChI is InChI=1S/C18H17NO2S/c1-13-5-4-6-14(11-13)12-22-10-9-19-17(20)15-7-2-3-8-16(15)18(19)21/h2-8,11H,9-10,12H2,1H3. The van der Waals surface area contributed by atoms with Gasteiger partial charge in [0.2, 0.25) is 0 Å². The van der Waals surface area contributed by atoms with Crippen molar-refractivity contribution in [1.29, 1.82) is 0 Å². The molecule has 2 amide bonds. The molecule has 4 heteroatoms. The van der Waals surface area contributed by atoms with E-state index in [0.29, 0.717) is 17.7 Å². The van der Waals surface area contributed by atoms with E-state index in [2.05, 4.69) is 31.2 Å². The quantitative estimate of drug-likeness (QED) is 0.626. The van der Waals surface area contributed by atoms with Gasteiger partial charge in [-0.3, -0.25) is 14.5 Å². The van der Waals surface area contributed by atoms with Crippen LogP contribution < -0.4 is 0 Å². The van der Waals surface area contributed by atoms with Crippen LogP contribution in [0.1, 0.15) is 31.8 Å². The second kappa shape index (κ2) is 6.36. The first kappa shape index (κ1) is 14.9. The van der Waals surface area contributed by atoms with Gasteiger partial charge in [0.05, 0.1) is 11.1 Å². The Morgan fingerprint density at radius 3 is 2.27 bits per heavy atom. The van der Waals surface area contributed by atoms with Crippen molar-refractivity contribution in [1.82, 2.24) is 4.90 Å². The van der Waals surface area contributed by atoms with E-state index in [1.54, 1.807) is 36.0 Å². The lowest BCUT2D eigenvalue weighted by Gasteiger charge is -2.13. The molecule has 3 rings (SSSR count). The Kier molecular flexibility index (Phi) is 4.29. The van der Waals surface area contributed by atoms with Gasteiger partial charge in [0.1, 0.15) is 0 Å². The number of nitrogens with zero attached hydrogens (tertiary/aromatic N) is 1. The Balaban J connectivity index is 1.55. The second-order valence-electron chi connectivity index (χ2n) is 5.35. The summed E-state index contributed by atoms with van der Waals surface area (Å²) in [4.78, 5) is 25.8. The number of carbonyl (C=O) groups is 2. The van der Waals surface area contributed by atoms with Gasteiger partial charge in [0, 0.05) is 18.1 Å².